The van der Waals surface area contributed by atoms with E-state index in [2.05, 4.69) is 20.9 Å². The molecule has 5 nitrogen and oxygen atoms in total. The fourth-order valence-electron chi connectivity index (χ4n) is 1.05. The Morgan fingerprint density at radius 2 is 2.43 bits per heavy atom. The summed E-state index contributed by atoms with van der Waals surface area (Å²) in [4.78, 5) is 14.0. The van der Waals surface area contributed by atoms with E-state index in [0.29, 0.717) is 10.2 Å². The summed E-state index contributed by atoms with van der Waals surface area (Å²) in [6.45, 7) is 1.56. The number of aliphatic hydroxyl groups is 1. The largest absolute Gasteiger partial charge is 0.393 e. The van der Waals surface area contributed by atoms with Crippen molar-refractivity contribution in [3.05, 3.63) is 32.5 Å². The molecule has 0 aliphatic heterocycles. The molecule has 0 saturated carbocycles. The number of aliphatic hydroxyl groups excluding tert-OH is 1. The van der Waals surface area contributed by atoms with Gasteiger partial charge in [0.25, 0.3) is 5.69 Å². The van der Waals surface area contributed by atoms with E-state index in [0.717, 1.165) is 0 Å². The lowest BCUT2D eigenvalue weighted by Gasteiger charge is -2.04. The minimum atomic E-state index is -0.637. The van der Waals surface area contributed by atoms with Gasteiger partial charge in [0, 0.05) is 23.2 Å². The van der Waals surface area contributed by atoms with E-state index < -0.39 is 11.0 Å². The molecule has 1 heterocycles. The maximum atomic E-state index is 10.6. The predicted molar refractivity (Wildman–Crippen MR) is 54.0 cm³/mol. The highest BCUT2D eigenvalue weighted by molar-refractivity contribution is 9.10. The van der Waals surface area contributed by atoms with E-state index in [1.54, 1.807) is 6.92 Å². The Morgan fingerprint density at radius 3 is 2.93 bits per heavy atom. The first-order chi connectivity index (χ1) is 6.50. The maximum Gasteiger partial charge on any atom is 0.291 e. The van der Waals surface area contributed by atoms with Crippen LogP contribution in [0, 0.1) is 10.1 Å². The Balaban J connectivity index is 3.08. The molecule has 6 heteroatoms. The molecular weight excluding hydrogens is 252 g/mol. The second-order valence-electron chi connectivity index (χ2n) is 2.93. The fraction of sp³-hybridized carbons (Fsp3) is 0.375. The van der Waals surface area contributed by atoms with E-state index in [9.17, 15) is 10.1 Å². The van der Waals surface area contributed by atoms with E-state index in [1.807, 2.05) is 0 Å². The number of hydrogen-bond acceptors (Lipinski definition) is 4. The van der Waals surface area contributed by atoms with Crippen LogP contribution in [0.3, 0.4) is 0 Å². The van der Waals surface area contributed by atoms with Gasteiger partial charge < -0.3 is 5.11 Å². The van der Waals surface area contributed by atoms with Gasteiger partial charge in [-0.15, -0.1) is 0 Å². The van der Waals surface area contributed by atoms with Crippen LogP contribution in [0.2, 0.25) is 0 Å². The molecule has 1 N–H and O–H groups in total. The van der Waals surface area contributed by atoms with E-state index >= 15 is 0 Å². The zero-order valence-corrected chi connectivity index (χ0v) is 9.06. The number of halogens is 1. The summed E-state index contributed by atoms with van der Waals surface area (Å²) in [5.74, 6) is 0. The van der Waals surface area contributed by atoms with Gasteiger partial charge in [0.05, 0.1) is 11.0 Å². The lowest BCUT2D eigenvalue weighted by atomic mass is 10.2. The summed E-state index contributed by atoms with van der Waals surface area (Å²) in [5.41, 5.74) is 0.230. The van der Waals surface area contributed by atoms with Crippen LogP contribution < -0.4 is 0 Å². The van der Waals surface area contributed by atoms with E-state index in [1.165, 1.54) is 12.3 Å². The molecule has 0 aromatic carbocycles. The van der Waals surface area contributed by atoms with E-state index in [-0.39, 0.29) is 12.1 Å². The summed E-state index contributed by atoms with van der Waals surface area (Å²) < 4.78 is 0.554. The minimum absolute atomic E-state index is 0.0692. The number of rotatable bonds is 3. The molecule has 14 heavy (non-hydrogen) atoms. The van der Waals surface area contributed by atoms with Crippen molar-refractivity contribution in [2.45, 2.75) is 19.4 Å². The highest BCUT2D eigenvalue weighted by Crippen LogP contribution is 2.22. The number of nitro groups is 1. The standard InChI is InChI=1S/C8H9BrN2O3/c1-5(12)2-7-8(11(13)14)3-6(9)4-10-7/h3-5,12H,2H2,1H3. The van der Waals surface area contributed by atoms with Gasteiger partial charge in [-0.2, -0.15) is 0 Å². The van der Waals surface area contributed by atoms with Gasteiger partial charge in [-0.05, 0) is 22.9 Å². The zero-order valence-electron chi connectivity index (χ0n) is 7.48. The molecule has 76 valence electrons. The third-order valence-corrected chi connectivity index (χ3v) is 2.03. The van der Waals surface area contributed by atoms with Gasteiger partial charge in [-0.3, -0.25) is 15.1 Å². The topological polar surface area (TPSA) is 76.3 Å². The average Bonchev–Trinajstić information content (AvgIpc) is 2.07. The molecule has 0 saturated heterocycles. The summed E-state index contributed by atoms with van der Waals surface area (Å²) in [5, 5.41) is 19.7. The molecule has 0 aliphatic carbocycles. The van der Waals surface area contributed by atoms with Crippen molar-refractivity contribution in [2.75, 3.05) is 0 Å². The second-order valence-corrected chi connectivity index (χ2v) is 3.85. The second kappa shape index (κ2) is 4.47. The average molecular weight is 261 g/mol. The number of hydrogen-bond donors (Lipinski definition) is 1. The van der Waals surface area contributed by atoms with Crippen molar-refractivity contribution >= 4 is 21.6 Å². The highest BCUT2D eigenvalue weighted by Gasteiger charge is 2.16. The summed E-state index contributed by atoms with van der Waals surface area (Å²) in [7, 11) is 0. The van der Waals surface area contributed by atoms with Crippen molar-refractivity contribution in [3.63, 3.8) is 0 Å². The molecule has 0 amide bonds. The van der Waals surface area contributed by atoms with Crippen LogP contribution >= 0.6 is 15.9 Å². The quantitative estimate of drug-likeness (QED) is 0.663. The molecular formula is C8H9BrN2O3. The Kier molecular flexibility index (Phi) is 3.54. The molecule has 1 aromatic heterocycles. The normalized spacial score (nSPS) is 12.5. The van der Waals surface area contributed by atoms with Gasteiger partial charge in [-0.25, -0.2) is 0 Å². The zero-order chi connectivity index (χ0) is 10.7. The summed E-state index contributed by atoms with van der Waals surface area (Å²) in [6, 6.07) is 1.38. The van der Waals surface area contributed by atoms with Crippen LogP contribution in [-0.4, -0.2) is 21.1 Å². The van der Waals surface area contributed by atoms with Crippen LogP contribution in [0.1, 0.15) is 12.6 Å². The van der Waals surface area contributed by atoms with Gasteiger partial charge in [0.1, 0.15) is 5.69 Å². The predicted octanol–water partition coefficient (Wildman–Crippen LogP) is 1.68. The van der Waals surface area contributed by atoms with Crippen molar-refractivity contribution in [1.82, 2.24) is 4.98 Å². The van der Waals surface area contributed by atoms with E-state index in [4.69, 9.17) is 5.11 Å². The van der Waals surface area contributed by atoms with Gasteiger partial charge in [-0.1, -0.05) is 0 Å². The SMILES string of the molecule is CC(O)Cc1ncc(Br)cc1[N+](=O)[O-]. The molecule has 0 aliphatic rings. The molecule has 0 bridgehead atoms. The van der Waals surface area contributed by atoms with Crippen LogP contribution in [-0.2, 0) is 6.42 Å². The van der Waals surface area contributed by atoms with Crippen LogP contribution in [0.4, 0.5) is 5.69 Å². The monoisotopic (exact) mass is 260 g/mol. The van der Waals surface area contributed by atoms with Gasteiger partial charge in [0.2, 0.25) is 0 Å². The van der Waals surface area contributed by atoms with Gasteiger partial charge in [0.15, 0.2) is 0 Å². The summed E-state index contributed by atoms with van der Waals surface area (Å²) in [6.07, 6.45) is 1.02. The Labute approximate surface area is 89.1 Å². The molecule has 1 unspecified atom stereocenters. The maximum absolute atomic E-state index is 10.6. The van der Waals surface area contributed by atoms with Crippen molar-refractivity contribution in [1.29, 1.82) is 0 Å². The molecule has 0 radical (unpaired) electrons. The van der Waals surface area contributed by atoms with Crippen molar-refractivity contribution < 1.29 is 10.0 Å². The smallest absolute Gasteiger partial charge is 0.291 e. The Hall–Kier alpha value is -1.01. The molecule has 1 atom stereocenters. The number of pyridine rings is 1. The fourth-order valence-corrected chi connectivity index (χ4v) is 1.37. The van der Waals surface area contributed by atoms with Crippen LogP contribution in [0.25, 0.3) is 0 Å². The summed E-state index contributed by atoms with van der Waals surface area (Å²) >= 11 is 3.10. The highest BCUT2D eigenvalue weighted by atomic mass is 79.9. The lowest BCUT2D eigenvalue weighted by Crippen LogP contribution is -2.08. The first kappa shape index (κ1) is 11.1. The van der Waals surface area contributed by atoms with Crippen LogP contribution in [0.5, 0.6) is 0 Å². The van der Waals surface area contributed by atoms with Crippen molar-refractivity contribution in [2.24, 2.45) is 0 Å². The minimum Gasteiger partial charge on any atom is -0.393 e. The Morgan fingerprint density at radius 1 is 1.79 bits per heavy atom. The first-order valence-corrected chi connectivity index (χ1v) is 4.77. The number of nitrogens with zero attached hydrogens (tertiary/aromatic N) is 2. The third kappa shape index (κ3) is 2.74. The lowest BCUT2D eigenvalue weighted by molar-refractivity contribution is -0.386. The first-order valence-electron chi connectivity index (χ1n) is 3.97. The number of aromatic nitrogens is 1. The third-order valence-electron chi connectivity index (χ3n) is 1.60. The molecule has 1 aromatic rings. The molecule has 0 fully saturated rings. The Bertz CT molecular complexity index is 354. The van der Waals surface area contributed by atoms with Gasteiger partial charge >= 0.3 is 0 Å². The molecule has 1 rings (SSSR count). The van der Waals surface area contributed by atoms with Crippen LogP contribution in [0.15, 0.2) is 16.7 Å². The molecule has 0 spiro atoms. The van der Waals surface area contributed by atoms with Crippen molar-refractivity contribution in [3.8, 4) is 0 Å².